The van der Waals surface area contributed by atoms with Crippen molar-refractivity contribution in [2.24, 2.45) is 15.9 Å². The van der Waals surface area contributed by atoms with Crippen molar-refractivity contribution in [1.29, 1.82) is 0 Å². The number of allylic oxidation sites excluding steroid dienone is 2. The molecule has 0 aromatic heterocycles. The summed E-state index contributed by atoms with van der Waals surface area (Å²) >= 11 is 0. The molecule has 9 rings (SSSR count). The Bertz CT molecular complexity index is 1970. The van der Waals surface area contributed by atoms with Crippen LogP contribution >= 0.6 is 0 Å². The lowest BCUT2D eigenvalue weighted by atomic mass is 9.65. The van der Waals surface area contributed by atoms with E-state index in [4.69, 9.17) is 9.98 Å². The molecule has 3 nitrogen and oxygen atoms in total. The molecule has 0 bridgehead atoms. The molecule has 0 fully saturated rings. The Morgan fingerprint density at radius 2 is 1.16 bits per heavy atom. The van der Waals surface area contributed by atoms with Gasteiger partial charge in [-0.25, -0.2) is 9.98 Å². The van der Waals surface area contributed by atoms with E-state index in [1.807, 2.05) is 24.3 Å². The molecule has 1 heterocycles. The van der Waals surface area contributed by atoms with Crippen molar-refractivity contribution in [3.05, 3.63) is 191 Å². The summed E-state index contributed by atoms with van der Waals surface area (Å²) in [5.41, 5.74) is 11.3. The van der Waals surface area contributed by atoms with Gasteiger partial charge in [-0.3, -0.25) is 0 Å². The van der Waals surface area contributed by atoms with Gasteiger partial charge in [0.25, 0.3) is 0 Å². The molecule has 5 aromatic carbocycles. The quantitative estimate of drug-likeness (QED) is 0.242. The van der Waals surface area contributed by atoms with Gasteiger partial charge in [0, 0.05) is 23.0 Å². The summed E-state index contributed by atoms with van der Waals surface area (Å²) in [7, 11) is 0. The minimum absolute atomic E-state index is 0.214. The number of aliphatic imine (C=N–C) groups is 2. The Kier molecular flexibility index (Phi) is 5.30. The van der Waals surface area contributed by atoms with E-state index in [2.05, 4.69) is 133 Å². The van der Waals surface area contributed by atoms with Crippen molar-refractivity contribution in [3.63, 3.8) is 0 Å². The first kappa shape index (κ1) is 24.3. The second kappa shape index (κ2) is 9.37. The van der Waals surface area contributed by atoms with E-state index >= 15 is 0 Å². The Hall–Kier alpha value is -5.28. The van der Waals surface area contributed by atoms with Crippen LogP contribution in [0.3, 0.4) is 0 Å². The summed E-state index contributed by atoms with van der Waals surface area (Å²) in [6.07, 6.45) is 6.97. The minimum atomic E-state index is -0.262. The number of rotatable bonds is 3. The van der Waals surface area contributed by atoms with Crippen LogP contribution in [0.2, 0.25) is 0 Å². The van der Waals surface area contributed by atoms with Crippen LogP contribution in [-0.4, -0.2) is 17.8 Å². The summed E-state index contributed by atoms with van der Waals surface area (Å²) in [6, 6.07) is 47.8. The second-order valence-corrected chi connectivity index (χ2v) is 11.8. The van der Waals surface area contributed by atoms with E-state index in [9.17, 15) is 0 Å². The smallest absolute Gasteiger partial charge is 0.159 e. The molecule has 0 radical (unpaired) electrons. The van der Waals surface area contributed by atoms with Gasteiger partial charge >= 0.3 is 0 Å². The van der Waals surface area contributed by atoms with Gasteiger partial charge in [-0.2, -0.15) is 0 Å². The molecule has 43 heavy (non-hydrogen) atoms. The number of amidine groups is 2. The van der Waals surface area contributed by atoms with E-state index in [-0.39, 0.29) is 23.4 Å². The van der Waals surface area contributed by atoms with Gasteiger partial charge < -0.3 is 5.32 Å². The van der Waals surface area contributed by atoms with E-state index in [1.54, 1.807) is 0 Å². The lowest BCUT2D eigenvalue weighted by molar-refractivity contribution is 0.459. The maximum absolute atomic E-state index is 5.22. The van der Waals surface area contributed by atoms with Crippen LogP contribution < -0.4 is 5.32 Å². The molecule has 3 atom stereocenters. The predicted octanol–water partition coefficient (Wildman–Crippen LogP) is 8.03. The van der Waals surface area contributed by atoms with Gasteiger partial charge in [-0.15, -0.1) is 0 Å². The van der Waals surface area contributed by atoms with E-state index in [0.29, 0.717) is 0 Å². The van der Waals surface area contributed by atoms with Crippen LogP contribution in [0.15, 0.2) is 167 Å². The second-order valence-electron chi connectivity index (χ2n) is 11.8. The number of hydrogen-bond donors (Lipinski definition) is 1. The maximum Gasteiger partial charge on any atom is 0.159 e. The first-order chi connectivity index (χ1) is 21.3. The minimum Gasteiger partial charge on any atom is -0.344 e. The molecule has 204 valence electrons. The van der Waals surface area contributed by atoms with E-state index < -0.39 is 0 Å². The number of hydrogen-bond acceptors (Lipinski definition) is 3. The number of benzene rings is 5. The molecule has 3 heteroatoms. The largest absolute Gasteiger partial charge is 0.344 e. The number of nitrogens with one attached hydrogen (secondary N) is 1. The average molecular weight is 552 g/mol. The van der Waals surface area contributed by atoms with Crippen molar-refractivity contribution < 1.29 is 0 Å². The van der Waals surface area contributed by atoms with Gasteiger partial charge in [-0.1, -0.05) is 152 Å². The monoisotopic (exact) mass is 551 g/mol. The zero-order chi connectivity index (χ0) is 28.4. The highest BCUT2D eigenvalue weighted by Crippen LogP contribution is 2.65. The zero-order valence-corrected chi connectivity index (χ0v) is 23.6. The average Bonchev–Trinajstić information content (AvgIpc) is 3.56. The lowest BCUT2D eigenvalue weighted by Gasteiger charge is -2.37. The van der Waals surface area contributed by atoms with Crippen molar-refractivity contribution in [1.82, 2.24) is 5.32 Å². The van der Waals surface area contributed by atoms with Crippen molar-refractivity contribution in [2.75, 3.05) is 0 Å². The summed E-state index contributed by atoms with van der Waals surface area (Å²) in [5, 5.41) is 3.70. The third-order valence-corrected chi connectivity index (χ3v) is 9.63. The fraction of sp³-hybridized carbons (Fsp3) is 0.100. The molecule has 0 saturated heterocycles. The van der Waals surface area contributed by atoms with Crippen LogP contribution in [0.1, 0.15) is 39.3 Å². The van der Waals surface area contributed by atoms with E-state index in [0.717, 1.165) is 22.8 Å². The van der Waals surface area contributed by atoms with Gasteiger partial charge in [0.1, 0.15) is 12.0 Å². The molecular formula is C40H29N3. The third-order valence-electron chi connectivity index (χ3n) is 9.63. The molecular weight excluding hydrogens is 522 g/mol. The van der Waals surface area contributed by atoms with Crippen molar-refractivity contribution in [3.8, 4) is 11.1 Å². The third kappa shape index (κ3) is 3.48. The lowest BCUT2D eigenvalue weighted by Crippen LogP contribution is -2.41. The topological polar surface area (TPSA) is 36.8 Å². The van der Waals surface area contributed by atoms with Crippen LogP contribution in [-0.2, 0) is 5.41 Å². The SMILES string of the molecule is C1=CC2c3ccccc3C3(c4ccccc4-c4ccccc43)C2C=C1C1N=C(c2ccccc2)N=C(c2ccccc2)N1. The zero-order valence-electron chi connectivity index (χ0n) is 23.6. The summed E-state index contributed by atoms with van der Waals surface area (Å²) in [6.45, 7) is 0. The highest BCUT2D eigenvalue weighted by Gasteiger charge is 2.57. The summed E-state index contributed by atoms with van der Waals surface area (Å²) < 4.78 is 0. The molecule has 0 saturated carbocycles. The highest BCUT2D eigenvalue weighted by atomic mass is 15.2. The van der Waals surface area contributed by atoms with Gasteiger partial charge in [0.2, 0.25) is 0 Å². The van der Waals surface area contributed by atoms with Gasteiger partial charge in [0.15, 0.2) is 5.84 Å². The molecule has 3 unspecified atom stereocenters. The van der Waals surface area contributed by atoms with Crippen LogP contribution in [0.4, 0.5) is 0 Å². The number of nitrogens with zero attached hydrogens (tertiary/aromatic N) is 2. The molecule has 1 spiro atoms. The maximum atomic E-state index is 5.22. The molecule has 4 aliphatic rings. The fourth-order valence-electron chi connectivity index (χ4n) is 7.90. The fourth-order valence-corrected chi connectivity index (χ4v) is 7.90. The molecule has 0 amide bonds. The Labute approximate surface area is 251 Å². The Morgan fingerprint density at radius 3 is 1.86 bits per heavy atom. The summed E-state index contributed by atoms with van der Waals surface area (Å²) in [4.78, 5) is 10.2. The van der Waals surface area contributed by atoms with Crippen LogP contribution in [0.5, 0.6) is 0 Å². The first-order valence-corrected chi connectivity index (χ1v) is 15.0. The predicted molar refractivity (Wildman–Crippen MR) is 175 cm³/mol. The van der Waals surface area contributed by atoms with Gasteiger partial charge in [0.05, 0.1) is 5.41 Å². The molecule has 1 N–H and O–H groups in total. The molecule has 5 aromatic rings. The van der Waals surface area contributed by atoms with Gasteiger partial charge in [-0.05, 0) is 39.0 Å². The normalized spacial score (nSPS) is 22.0. The first-order valence-electron chi connectivity index (χ1n) is 15.0. The number of fused-ring (bicyclic) bond motifs is 10. The van der Waals surface area contributed by atoms with Crippen molar-refractivity contribution in [2.45, 2.75) is 17.5 Å². The summed E-state index contributed by atoms with van der Waals surface area (Å²) in [5.74, 6) is 2.09. The molecule has 3 aliphatic carbocycles. The van der Waals surface area contributed by atoms with E-state index in [1.165, 1.54) is 39.0 Å². The highest BCUT2D eigenvalue weighted by molar-refractivity contribution is 6.13. The Balaban J connectivity index is 1.23. The van der Waals surface area contributed by atoms with Crippen LogP contribution in [0, 0.1) is 5.92 Å². The van der Waals surface area contributed by atoms with Crippen LogP contribution in [0.25, 0.3) is 11.1 Å². The Morgan fingerprint density at radius 1 is 0.581 bits per heavy atom. The standard InChI is InChI=1S/C40H29N3/c1-3-13-26(14-4-1)37-41-38(27-15-5-2-6-16-27)43-39(42-37)28-23-24-32-31-19-9-12-22-35(31)40(36(32)25-28)33-20-10-7-17-29(33)30-18-8-11-21-34(30)40/h1-25,32,36,39H,(H,41,42,43). The van der Waals surface area contributed by atoms with Crippen molar-refractivity contribution >= 4 is 11.7 Å². The molecule has 1 aliphatic heterocycles.